The largest absolute Gasteiger partial charge is 0.481 e. The number of sulfonamides is 1. The molecule has 0 radical (unpaired) electrons. The van der Waals surface area contributed by atoms with Crippen molar-refractivity contribution in [2.45, 2.75) is 19.3 Å². The lowest BCUT2D eigenvalue weighted by Gasteiger charge is -2.07. The number of hydrogen-bond donors (Lipinski definition) is 2. The quantitative estimate of drug-likeness (QED) is 0.665. The number of carboxylic acids is 1. The number of pyridine rings is 1. The molecular formula is C12H16N2O6S. The topological polar surface area (TPSA) is 123 Å². The van der Waals surface area contributed by atoms with Crippen LogP contribution in [0, 0.1) is 0 Å². The molecule has 8 nitrogen and oxygen atoms in total. The lowest BCUT2D eigenvalue weighted by Crippen LogP contribution is -2.18. The zero-order valence-corrected chi connectivity index (χ0v) is 12.2. The second-order valence-electron chi connectivity index (χ2n) is 4.21. The molecule has 0 fully saturated rings. The van der Waals surface area contributed by atoms with Gasteiger partial charge in [-0.1, -0.05) is 0 Å². The molecule has 9 heteroatoms. The Morgan fingerprint density at radius 1 is 1.38 bits per heavy atom. The maximum atomic E-state index is 11.7. The van der Waals surface area contributed by atoms with Gasteiger partial charge in [0.05, 0.1) is 36.9 Å². The van der Waals surface area contributed by atoms with Crippen LogP contribution in [0.3, 0.4) is 0 Å². The van der Waals surface area contributed by atoms with E-state index >= 15 is 0 Å². The van der Waals surface area contributed by atoms with Crippen LogP contribution in [0.2, 0.25) is 0 Å². The number of ether oxygens (including phenoxy) is 1. The smallest absolute Gasteiger partial charge is 0.309 e. The summed E-state index contributed by atoms with van der Waals surface area (Å²) in [6.45, 7) is 0. The summed E-state index contributed by atoms with van der Waals surface area (Å²) >= 11 is 0. The summed E-state index contributed by atoms with van der Waals surface area (Å²) in [4.78, 5) is 25.2. The molecule has 1 aromatic rings. The van der Waals surface area contributed by atoms with Crippen molar-refractivity contribution in [3.63, 3.8) is 0 Å². The van der Waals surface area contributed by atoms with Gasteiger partial charge in [0.15, 0.2) is 0 Å². The molecule has 0 amide bonds. The van der Waals surface area contributed by atoms with Crippen LogP contribution in [0.25, 0.3) is 0 Å². The molecule has 0 unspecified atom stereocenters. The Morgan fingerprint density at radius 3 is 2.62 bits per heavy atom. The van der Waals surface area contributed by atoms with E-state index < -0.39 is 22.0 Å². The van der Waals surface area contributed by atoms with Gasteiger partial charge in [0.1, 0.15) is 0 Å². The molecule has 0 aliphatic carbocycles. The first-order valence-corrected chi connectivity index (χ1v) is 7.71. The number of nitrogens with one attached hydrogen (secondary N) is 1. The summed E-state index contributed by atoms with van der Waals surface area (Å²) in [7, 11) is -2.35. The van der Waals surface area contributed by atoms with E-state index in [2.05, 4.69) is 14.4 Å². The van der Waals surface area contributed by atoms with Crippen molar-refractivity contribution in [2.24, 2.45) is 0 Å². The van der Waals surface area contributed by atoms with Gasteiger partial charge in [-0.25, -0.2) is 8.42 Å². The summed E-state index contributed by atoms with van der Waals surface area (Å²) < 4.78 is 30.2. The molecule has 1 heterocycles. The SMILES string of the molecule is COC(=O)CCCS(=O)(=O)Nc1ccc(CC(=O)O)nc1. The lowest BCUT2D eigenvalue weighted by atomic mass is 10.3. The highest BCUT2D eigenvalue weighted by Gasteiger charge is 2.12. The van der Waals surface area contributed by atoms with Gasteiger partial charge in [-0.15, -0.1) is 0 Å². The minimum absolute atomic E-state index is 0.0210. The lowest BCUT2D eigenvalue weighted by molar-refractivity contribution is -0.140. The highest BCUT2D eigenvalue weighted by Crippen LogP contribution is 2.10. The van der Waals surface area contributed by atoms with E-state index in [1.54, 1.807) is 0 Å². The third-order valence-corrected chi connectivity index (χ3v) is 3.82. The number of carboxylic acid groups (broad SMARTS) is 1. The Bertz CT molecular complexity index is 597. The van der Waals surface area contributed by atoms with E-state index in [-0.39, 0.29) is 30.7 Å². The minimum Gasteiger partial charge on any atom is -0.481 e. The maximum Gasteiger partial charge on any atom is 0.309 e. The highest BCUT2D eigenvalue weighted by molar-refractivity contribution is 7.92. The van der Waals surface area contributed by atoms with Crippen LogP contribution in [0.4, 0.5) is 5.69 Å². The average molecular weight is 316 g/mol. The van der Waals surface area contributed by atoms with E-state index in [9.17, 15) is 18.0 Å². The van der Waals surface area contributed by atoms with Crippen LogP contribution < -0.4 is 4.72 Å². The minimum atomic E-state index is -3.59. The molecule has 0 aromatic carbocycles. The standard InChI is InChI=1S/C12H16N2O6S/c1-20-12(17)3-2-6-21(18,19)14-10-5-4-9(13-8-10)7-11(15)16/h4-5,8,14H,2-3,6-7H2,1H3,(H,15,16). The van der Waals surface area contributed by atoms with Gasteiger partial charge in [-0.2, -0.15) is 0 Å². The molecule has 0 spiro atoms. The highest BCUT2D eigenvalue weighted by atomic mass is 32.2. The number of esters is 1. The van der Waals surface area contributed by atoms with Gasteiger partial charge in [0.25, 0.3) is 0 Å². The molecule has 0 saturated carbocycles. The molecule has 0 bridgehead atoms. The van der Waals surface area contributed by atoms with Crippen molar-refractivity contribution < 1.29 is 27.9 Å². The fraction of sp³-hybridized carbons (Fsp3) is 0.417. The molecule has 0 atom stereocenters. The van der Waals surface area contributed by atoms with Crippen molar-refractivity contribution in [3.05, 3.63) is 24.0 Å². The summed E-state index contributed by atoms with van der Waals surface area (Å²) in [6.07, 6.45) is 1.18. The molecular weight excluding hydrogens is 300 g/mol. The predicted octanol–water partition coefficient (Wildman–Crippen LogP) is 0.404. The van der Waals surface area contributed by atoms with E-state index in [1.807, 2.05) is 0 Å². The zero-order chi connectivity index (χ0) is 15.9. The number of methoxy groups -OCH3 is 1. The van der Waals surface area contributed by atoms with Crippen LogP contribution >= 0.6 is 0 Å². The van der Waals surface area contributed by atoms with Gasteiger partial charge < -0.3 is 9.84 Å². The number of aliphatic carboxylic acids is 1. The second-order valence-corrected chi connectivity index (χ2v) is 6.05. The normalized spacial score (nSPS) is 10.9. The van der Waals surface area contributed by atoms with Crippen LogP contribution in [-0.4, -0.2) is 43.3 Å². The van der Waals surface area contributed by atoms with Crippen LogP contribution in [0.1, 0.15) is 18.5 Å². The van der Waals surface area contributed by atoms with Crippen molar-refractivity contribution >= 4 is 27.6 Å². The number of aromatic nitrogens is 1. The first-order valence-electron chi connectivity index (χ1n) is 6.06. The van der Waals surface area contributed by atoms with Crippen molar-refractivity contribution in [3.8, 4) is 0 Å². The third kappa shape index (κ3) is 6.70. The van der Waals surface area contributed by atoms with Crippen molar-refractivity contribution in [1.82, 2.24) is 4.98 Å². The second kappa shape index (κ2) is 7.58. The number of hydrogen-bond acceptors (Lipinski definition) is 6. The van der Waals surface area contributed by atoms with Crippen LogP contribution in [-0.2, 0) is 30.8 Å². The number of nitrogens with zero attached hydrogens (tertiary/aromatic N) is 1. The number of carbonyl (C=O) groups excluding carboxylic acids is 1. The summed E-state index contributed by atoms with van der Waals surface area (Å²) in [6, 6.07) is 2.86. The molecule has 2 N–H and O–H groups in total. The van der Waals surface area contributed by atoms with Gasteiger partial charge >= 0.3 is 11.9 Å². The van der Waals surface area contributed by atoms with Gasteiger partial charge in [-0.05, 0) is 18.6 Å². The Morgan fingerprint density at radius 2 is 2.10 bits per heavy atom. The van der Waals surface area contributed by atoms with Gasteiger partial charge in [0, 0.05) is 6.42 Å². The first kappa shape index (κ1) is 16.9. The summed E-state index contributed by atoms with van der Waals surface area (Å²) in [5.41, 5.74) is 0.568. The Balaban J connectivity index is 2.54. The van der Waals surface area contributed by atoms with Crippen molar-refractivity contribution in [2.75, 3.05) is 17.6 Å². The molecule has 0 aliphatic rings. The van der Waals surface area contributed by atoms with E-state index in [0.717, 1.165) is 0 Å². The number of anilines is 1. The first-order chi connectivity index (χ1) is 9.82. The average Bonchev–Trinajstić information content (AvgIpc) is 2.39. The summed E-state index contributed by atoms with van der Waals surface area (Å²) in [5.74, 6) is -1.71. The number of carbonyl (C=O) groups is 2. The molecule has 0 aliphatic heterocycles. The van der Waals surface area contributed by atoms with Crippen LogP contribution in [0.15, 0.2) is 18.3 Å². The van der Waals surface area contributed by atoms with Crippen molar-refractivity contribution in [1.29, 1.82) is 0 Å². The van der Waals surface area contributed by atoms with E-state index in [0.29, 0.717) is 5.69 Å². The molecule has 1 rings (SSSR count). The van der Waals surface area contributed by atoms with Gasteiger partial charge in [0.2, 0.25) is 10.0 Å². The molecule has 0 saturated heterocycles. The predicted molar refractivity (Wildman–Crippen MR) is 74.2 cm³/mol. The Labute approximate surface area is 122 Å². The fourth-order valence-corrected chi connectivity index (χ4v) is 2.59. The Kier molecular flexibility index (Phi) is 6.10. The van der Waals surface area contributed by atoms with Crippen LogP contribution in [0.5, 0.6) is 0 Å². The molecule has 116 valence electrons. The fourth-order valence-electron chi connectivity index (χ4n) is 1.48. The van der Waals surface area contributed by atoms with E-state index in [4.69, 9.17) is 5.11 Å². The molecule has 1 aromatic heterocycles. The van der Waals surface area contributed by atoms with E-state index in [1.165, 1.54) is 25.4 Å². The summed E-state index contributed by atoms with van der Waals surface area (Å²) in [5, 5.41) is 8.60. The maximum absolute atomic E-state index is 11.7. The third-order valence-electron chi connectivity index (χ3n) is 2.45. The Hall–Kier alpha value is -2.16. The van der Waals surface area contributed by atoms with Gasteiger partial charge in [-0.3, -0.25) is 19.3 Å². The molecule has 21 heavy (non-hydrogen) atoms. The number of rotatable bonds is 8. The monoisotopic (exact) mass is 316 g/mol. The zero-order valence-electron chi connectivity index (χ0n) is 11.4.